The average molecular weight is 252 g/mol. The number of carbonyl (C=O) groups excluding carboxylic acids is 1. The maximum absolute atomic E-state index is 11.0. The van der Waals surface area contributed by atoms with Crippen molar-refractivity contribution in [3.63, 3.8) is 0 Å². The van der Waals surface area contributed by atoms with E-state index >= 15 is 0 Å². The second kappa shape index (κ2) is 4.29. The third-order valence-electron chi connectivity index (χ3n) is 2.87. The first-order valence-corrected chi connectivity index (χ1v) is 8.52. The molecule has 0 aromatic heterocycles. The van der Waals surface area contributed by atoms with Crippen LogP contribution < -0.4 is 0 Å². The summed E-state index contributed by atoms with van der Waals surface area (Å²) in [5.41, 5.74) is 0. The summed E-state index contributed by atoms with van der Waals surface area (Å²) in [6, 6.07) is 0. The van der Waals surface area contributed by atoms with Crippen LogP contribution in [0.15, 0.2) is 0 Å². The predicted molar refractivity (Wildman–Crippen MR) is 66.3 cm³/mol. The Kier molecular flexibility index (Phi) is 3.49. The van der Waals surface area contributed by atoms with Crippen LogP contribution in [0.1, 0.15) is 25.7 Å². The van der Waals surface area contributed by atoms with E-state index in [1.165, 1.54) is 25.0 Å². The van der Waals surface area contributed by atoms with E-state index in [1.54, 1.807) is 0 Å². The Morgan fingerprint density at radius 2 is 2.46 bits per heavy atom. The lowest BCUT2D eigenvalue weighted by molar-refractivity contribution is -0.111. The zero-order valence-corrected chi connectivity index (χ0v) is 10.5. The summed E-state index contributed by atoms with van der Waals surface area (Å²) in [4.78, 5) is 11.0. The van der Waals surface area contributed by atoms with Gasteiger partial charge in [0.2, 0.25) is 0 Å². The summed E-state index contributed by atoms with van der Waals surface area (Å²) in [7, 11) is 5.84. The van der Waals surface area contributed by atoms with Crippen molar-refractivity contribution in [2.75, 3.05) is 5.75 Å². The molecule has 5 heteroatoms. The third-order valence-corrected chi connectivity index (χ3v) is 8.37. The zero-order chi connectivity index (χ0) is 9.31. The number of hydrogen-bond acceptors (Lipinski definition) is 4. The molecule has 74 valence electrons. The van der Waals surface area contributed by atoms with Gasteiger partial charge in [-0.2, -0.15) is 0 Å². The molecule has 2 rings (SSSR count). The van der Waals surface area contributed by atoms with Crippen LogP contribution in [-0.2, 0) is 4.79 Å². The van der Waals surface area contributed by atoms with Crippen molar-refractivity contribution in [3.8, 4) is 0 Å². The molecule has 0 aromatic rings. The number of hydrogen-bond donors (Lipinski definition) is 1. The monoisotopic (exact) mass is 252 g/mol. The lowest BCUT2D eigenvalue weighted by Gasteiger charge is -2.27. The van der Waals surface area contributed by atoms with Gasteiger partial charge in [-0.3, -0.25) is 4.79 Å². The van der Waals surface area contributed by atoms with Crippen LogP contribution in [0.5, 0.6) is 0 Å². The first-order valence-electron chi connectivity index (χ1n) is 4.42. The fraction of sp³-hybridized carbons (Fsp3) is 0.875. The van der Waals surface area contributed by atoms with Crippen LogP contribution in [0, 0.1) is 5.92 Å². The van der Waals surface area contributed by atoms with Crippen molar-refractivity contribution < 1.29 is 4.79 Å². The molecular weight excluding hydrogens is 240 g/mol. The smallest absolute Gasteiger partial charge is 0.186 e. The normalized spacial score (nSPS) is 38.7. The van der Waals surface area contributed by atoms with E-state index in [-0.39, 0.29) is 5.12 Å². The van der Waals surface area contributed by atoms with Crippen molar-refractivity contribution in [2.24, 2.45) is 5.92 Å². The van der Waals surface area contributed by atoms with Gasteiger partial charge in [0.1, 0.15) is 0 Å². The molecule has 2 atom stereocenters. The van der Waals surface area contributed by atoms with Gasteiger partial charge in [-0.1, -0.05) is 28.0 Å². The van der Waals surface area contributed by atoms with E-state index < -0.39 is 0 Å². The minimum absolute atomic E-state index is 0.0637. The molecule has 0 radical (unpaired) electrons. The molecular formula is C8H12OS4. The molecule has 1 heterocycles. The standard InChI is InChI=1S/C8H12OS4/c9-7(10)4-6-2-1-3-8(6)5-11-13-12-8/h6H,1-5H2,(H,9,10). The van der Waals surface area contributed by atoms with Crippen molar-refractivity contribution >= 4 is 49.2 Å². The van der Waals surface area contributed by atoms with E-state index in [4.69, 9.17) is 0 Å². The van der Waals surface area contributed by atoms with Gasteiger partial charge in [0.15, 0.2) is 5.12 Å². The van der Waals surface area contributed by atoms with E-state index in [2.05, 4.69) is 12.6 Å². The van der Waals surface area contributed by atoms with Gasteiger partial charge < -0.3 is 0 Å². The largest absolute Gasteiger partial charge is 0.287 e. The van der Waals surface area contributed by atoms with Gasteiger partial charge in [0.05, 0.1) is 0 Å². The van der Waals surface area contributed by atoms with Crippen molar-refractivity contribution in [3.05, 3.63) is 0 Å². The number of carbonyl (C=O) groups is 1. The average Bonchev–Trinajstić information content (AvgIpc) is 2.64. The molecule has 0 aromatic carbocycles. The Bertz CT molecular complexity index is 207. The van der Waals surface area contributed by atoms with Crippen LogP contribution >= 0.6 is 44.0 Å². The van der Waals surface area contributed by atoms with E-state index in [9.17, 15) is 4.79 Å². The van der Waals surface area contributed by atoms with Crippen LogP contribution in [-0.4, -0.2) is 15.6 Å². The third kappa shape index (κ3) is 2.19. The molecule has 0 amide bonds. The second-order valence-electron chi connectivity index (χ2n) is 3.67. The van der Waals surface area contributed by atoms with Crippen molar-refractivity contribution in [2.45, 2.75) is 30.4 Å². The molecule has 2 aliphatic rings. The Hall–Kier alpha value is 1.07. The van der Waals surface area contributed by atoms with Crippen molar-refractivity contribution in [1.82, 2.24) is 0 Å². The van der Waals surface area contributed by atoms with Crippen LogP contribution in [0.2, 0.25) is 0 Å². The summed E-state index contributed by atoms with van der Waals surface area (Å²) < 4.78 is 0.410. The van der Waals surface area contributed by atoms with E-state index in [0.717, 1.165) is 0 Å². The summed E-state index contributed by atoms with van der Waals surface area (Å²) >= 11 is 3.89. The van der Waals surface area contributed by atoms with Gasteiger partial charge in [0, 0.05) is 16.9 Å². The molecule has 1 saturated heterocycles. The molecule has 0 N–H and O–H groups in total. The minimum Gasteiger partial charge on any atom is -0.287 e. The number of thiol groups is 1. The lowest BCUT2D eigenvalue weighted by Crippen LogP contribution is -2.30. The molecule has 1 aliphatic heterocycles. The van der Waals surface area contributed by atoms with E-state index in [0.29, 0.717) is 17.1 Å². The predicted octanol–water partition coefficient (Wildman–Crippen LogP) is 3.42. The molecule has 1 spiro atoms. The maximum atomic E-state index is 11.0. The Balaban J connectivity index is 2.04. The zero-order valence-electron chi connectivity index (χ0n) is 7.19. The summed E-state index contributed by atoms with van der Waals surface area (Å²) in [5, 5.41) is 0.0637. The van der Waals surface area contributed by atoms with Gasteiger partial charge in [0.25, 0.3) is 0 Å². The first kappa shape index (κ1) is 10.6. The Morgan fingerprint density at radius 3 is 3.08 bits per heavy atom. The molecule has 1 nitrogen and oxygen atoms in total. The Labute approximate surface area is 95.8 Å². The maximum Gasteiger partial charge on any atom is 0.186 e. The second-order valence-corrected chi connectivity index (χ2v) is 8.64. The fourth-order valence-electron chi connectivity index (χ4n) is 2.15. The Morgan fingerprint density at radius 1 is 1.62 bits per heavy atom. The molecule has 0 bridgehead atoms. The highest BCUT2D eigenvalue weighted by Crippen LogP contribution is 2.62. The quantitative estimate of drug-likeness (QED) is 0.599. The lowest BCUT2D eigenvalue weighted by atomic mass is 9.94. The van der Waals surface area contributed by atoms with Crippen molar-refractivity contribution in [1.29, 1.82) is 0 Å². The summed E-state index contributed by atoms with van der Waals surface area (Å²) in [6.07, 6.45) is 4.49. The van der Waals surface area contributed by atoms with Gasteiger partial charge >= 0.3 is 0 Å². The van der Waals surface area contributed by atoms with Crippen LogP contribution in [0.3, 0.4) is 0 Å². The van der Waals surface area contributed by atoms with Crippen LogP contribution in [0.4, 0.5) is 0 Å². The highest BCUT2D eigenvalue weighted by molar-refractivity contribution is 9.11. The van der Waals surface area contributed by atoms with Crippen LogP contribution in [0.25, 0.3) is 0 Å². The minimum atomic E-state index is 0.0637. The molecule has 2 fully saturated rings. The summed E-state index contributed by atoms with van der Waals surface area (Å²) in [6.45, 7) is 0. The SMILES string of the molecule is O=C(S)CC1CCCC12CSSS2. The molecule has 1 saturated carbocycles. The van der Waals surface area contributed by atoms with Gasteiger partial charge in [-0.15, -0.1) is 12.6 Å². The molecule has 13 heavy (non-hydrogen) atoms. The fourth-order valence-corrected chi connectivity index (χ4v) is 8.85. The summed E-state index contributed by atoms with van der Waals surface area (Å²) in [5.74, 6) is 1.80. The van der Waals surface area contributed by atoms with Gasteiger partial charge in [-0.05, 0) is 28.6 Å². The van der Waals surface area contributed by atoms with Gasteiger partial charge in [-0.25, -0.2) is 0 Å². The highest BCUT2D eigenvalue weighted by atomic mass is 33.5. The topological polar surface area (TPSA) is 17.1 Å². The molecule has 1 aliphatic carbocycles. The molecule has 2 unspecified atom stereocenters. The highest BCUT2D eigenvalue weighted by Gasteiger charge is 2.47. The first-order chi connectivity index (χ1) is 6.23. The number of rotatable bonds is 2. The van der Waals surface area contributed by atoms with E-state index in [1.807, 2.05) is 31.4 Å².